The number of furan rings is 1. The van der Waals surface area contributed by atoms with E-state index in [1.165, 1.54) is 42.6 Å². The van der Waals surface area contributed by atoms with Crippen molar-refractivity contribution in [2.24, 2.45) is 5.41 Å². The summed E-state index contributed by atoms with van der Waals surface area (Å²) in [5, 5.41) is 1.35. The van der Waals surface area contributed by atoms with Gasteiger partial charge in [-0.25, -0.2) is 4.98 Å². The monoisotopic (exact) mass is 883 g/mol. The minimum atomic E-state index is -2.37. The molecular formula is C48H43IrN3O-2. The van der Waals surface area contributed by atoms with Crippen LogP contribution in [0.1, 0.15) is 72.1 Å². The Morgan fingerprint density at radius 2 is 1.58 bits per heavy atom. The maximum atomic E-state index is 8.73. The number of aryl methyl sites for hydroxylation is 3. The molecule has 267 valence electrons. The fourth-order valence-electron chi connectivity index (χ4n) is 5.73. The van der Waals surface area contributed by atoms with Gasteiger partial charge in [0.1, 0.15) is 0 Å². The van der Waals surface area contributed by atoms with Crippen molar-refractivity contribution in [2.45, 2.75) is 54.1 Å². The second-order valence-electron chi connectivity index (χ2n) is 13.2. The number of hydrogen-bond donors (Lipinski definition) is 0. The van der Waals surface area contributed by atoms with Gasteiger partial charge in [0.25, 0.3) is 0 Å². The third kappa shape index (κ3) is 9.06. The van der Waals surface area contributed by atoms with Crippen molar-refractivity contribution in [1.29, 1.82) is 0 Å². The maximum absolute atomic E-state index is 8.73. The molecule has 0 bridgehead atoms. The third-order valence-corrected chi connectivity index (χ3v) is 8.08. The van der Waals surface area contributed by atoms with Gasteiger partial charge in [0.15, 0.2) is 0 Å². The van der Waals surface area contributed by atoms with E-state index in [-0.39, 0.29) is 42.6 Å². The second-order valence-corrected chi connectivity index (χ2v) is 13.2. The normalized spacial score (nSPS) is 16.1. The number of fused-ring (bicyclic) bond motifs is 3. The van der Waals surface area contributed by atoms with Crippen LogP contribution in [0, 0.1) is 38.1 Å². The Balaban J connectivity index is 0.000000220. The van der Waals surface area contributed by atoms with Crippen LogP contribution in [0.15, 0.2) is 132 Å². The minimum Gasteiger partial charge on any atom is -0.486 e. The molecule has 4 nitrogen and oxygen atoms in total. The quantitative estimate of drug-likeness (QED) is 0.156. The van der Waals surface area contributed by atoms with Crippen LogP contribution in [0.5, 0.6) is 0 Å². The van der Waals surface area contributed by atoms with Gasteiger partial charge in [-0.3, -0.25) is 0 Å². The van der Waals surface area contributed by atoms with Gasteiger partial charge in [0.2, 0.25) is 5.71 Å². The number of benzene rings is 4. The molecular weight excluding hydrogens is 827 g/mol. The molecule has 0 amide bonds. The number of rotatable bonds is 6. The van der Waals surface area contributed by atoms with Crippen molar-refractivity contribution in [2.75, 3.05) is 0 Å². The van der Waals surface area contributed by atoms with Crippen LogP contribution in [0.4, 0.5) is 0 Å². The average Bonchev–Trinajstić information content (AvgIpc) is 3.64. The van der Waals surface area contributed by atoms with E-state index in [9.17, 15) is 0 Å². The Morgan fingerprint density at radius 1 is 0.755 bits per heavy atom. The van der Waals surface area contributed by atoms with E-state index < -0.39 is 38.7 Å². The molecule has 4 heterocycles. The SMILES string of the molecule is [2H]C([2H])([2H])c1c[c-]c(-c2ccc(C([2H])([2H])C(C)(C)C)cn2)cc1-c1ccccc1.[2H]C([2H])([2H])c1ccc(C([2H])([2H])c2ccnc(-c3[c-]ccc4c3oc3nc(C([2H])([2H])[2H])ccc34)c2)cc1.[Ir]. The Hall–Kier alpha value is -5.22. The molecule has 0 N–H and O–H groups in total. The van der Waals surface area contributed by atoms with E-state index in [1.54, 1.807) is 54.7 Å². The van der Waals surface area contributed by atoms with Gasteiger partial charge >= 0.3 is 0 Å². The standard InChI is InChI=1S/C25H19N2O.C23H24N.Ir/c1-16-6-9-18(10-7-16)14-19-12-13-26-23(15-19)22-5-3-4-20-21-11-8-17(2)27-25(21)28-24(20)22;1-17-10-12-20(14-21(17)19-8-6-5-7-9-19)22-13-11-18(16-24-22)15-23(2,3)4;/h3-4,6-13,15H,14H2,1-2H3;5-11,13-14,16H,15H2,1-4H3;/q2*-1;/i1D3,2D3,14D2;1D3,15D2;. The average molecular weight is 883 g/mol. The molecule has 0 fully saturated rings. The molecule has 0 saturated carbocycles. The fraction of sp³-hybridized carbons (Fsp3) is 0.188. The second kappa shape index (κ2) is 16.2. The predicted molar refractivity (Wildman–Crippen MR) is 214 cm³/mol. The smallest absolute Gasteiger partial charge is 0.216 e. The van der Waals surface area contributed by atoms with Crippen molar-refractivity contribution in [3.63, 3.8) is 0 Å². The first-order valence-electron chi connectivity index (χ1n) is 23.2. The predicted octanol–water partition coefficient (Wildman–Crippen LogP) is 12.2. The molecule has 8 rings (SSSR count). The van der Waals surface area contributed by atoms with Crippen molar-refractivity contribution < 1.29 is 42.3 Å². The molecule has 8 aromatic rings. The summed E-state index contributed by atoms with van der Waals surface area (Å²) in [6, 6.07) is 37.8. The van der Waals surface area contributed by atoms with Gasteiger partial charge in [-0.1, -0.05) is 122 Å². The van der Waals surface area contributed by atoms with Crippen LogP contribution >= 0.6 is 0 Å². The van der Waals surface area contributed by atoms with Crippen LogP contribution < -0.4 is 0 Å². The zero-order valence-corrected chi connectivity index (χ0v) is 31.6. The van der Waals surface area contributed by atoms with E-state index >= 15 is 0 Å². The van der Waals surface area contributed by atoms with Crippen LogP contribution in [0.25, 0.3) is 55.7 Å². The first-order valence-corrected chi connectivity index (χ1v) is 16.7. The number of pyridine rings is 3. The zero-order chi connectivity index (χ0) is 47.3. The van der Waals surface area contributed by atoms with Gasteiger partial charge in [-0.05, 0) is 83.7 Å². The first kappa shape index (κ1) is 24.2. The van der Waals surface area contributed by atoms with Crippen LogP contribution in [0.2, 0.25) is 0 Å². The fourth-order valence-corrected chi connectivity index (χ4v) is 5.73. The van der Waals surface area contributed by atoms with Crippen molar-refractivity contribution in [3.8, 4) is 33.6 Å². The first-order chi connectivity index (χ1) is 30.3. The van der Waals surface area contributed by atoms with Crippen LogP contribution in [0.3, 0.4) is 0 Å². The van der Waals surface area contributed by atoms with Crippen molar-refractivity contribution in [3.05, 3.63) is 173 Å². The molecule has 0 aliphatic heterocycles. The molecule has 1 radical (unpaired) electrons. The van der Waals surface area contributed by atoms with E-state index in [2.05, 4.69) is 27.1 Å². The number of hydrogen-bond acceptors (Lipinski definition) is 4. The summed E-state index contributed by atoms with van der Waals surface area (Å²) < 4.78 is 109. The summed E-state index contributed by atoms with van der Waals surface area (Å²) in [6.45, 7) is -1.32. The molecule has 4 aromatic carbocycles. The molecule has 4 aromatic heterocycles. The molecule has 53 heavy (non-hydrogen) atoms. The topological polar surface area (TPSA) is 51.8 Å². The third-order valence-electron chi connectivity index (χ3n) is 8.08. The van der Waals surface area contributed by atoms with Gasteiger partial charge in [0.05, 0.1) is 5.58 Å². The molecule has 5 heteroatoms. The van der Waals surface area contributed by atoms with Crippen LogP contribution in [-0.4, -0.2) is 15.0 Å². The molecule has 0 spiro atoms. The van der Waals surface area contributed by atoms with Crippen molar-refractivity contribution in [1.82, 2.24) is 15.0 Å². The summed E-state index contributed by atoms with van der Waals surface area (Å²) in [4.78, 5) is 13.0. The van der Waals surface area contributed by atoms with Gasteiger partial charge in [-0.15, -0.1) is 47.5 Å². The number of aromatic nitrogens is 3. The summed E-state index contributed by atoms with van der Waals surface area (Å²) in [5.41, 5.74) is 5.09. The summed E-state index contributed by atoms with van der Waals surface area (Å²) in [7, 11) is 0. The van der Waals surface area contributed by atoms with Gasteiger partial charge in [0, 0.05) is 61.4 Å². The Kier molecular flexibility index (Phi) is 7.39. The molecule has 0 aliphatic carbocycles. The molecule has 0 aliphatic rings. The number of nitrogens with zero attached hydrogens (tertiary/aromatic N) is 3. The molecule has 0 unspecified atom stereocenters. The summed E-state index contributed by atoms with van der Waals surface area (Å²) >= 11 is 0. The Bertz CT molecular complexity index is 2980. The van der Waals surface area contributed by atoms with Gasteiger partial charge in [-0.2, -0.15) is 0 Å². The maximum Gasteiger partial charge on any atom is 0.216 e. The molecule has 0 saturated heterocycles. The van der Waals surface area contributed by atoms with Crippen LogP contribution in [-0.2, 0) is 32.9 Å². The van der Waals surface area contributed by atoms with E-state index in [0.29, 0.717) is 61.1 Å². The van der Waals surface area contributed by atoms with E-state index in [1.807, 2.05) is 51.1 Å². The molecule has 0 atom stereocenters. The minimum absolute atomic E-state index is 0. The largest absolute Gasteiger partial charge is 0.486 e. The Morgan fingerprint density at radius 3 is 2.32 bits per heavy atom. The van der Waals surface area contributed by atoms with Gasteiger partial charge < -0.3 is 14.4 Å². The zero-order valence-electron chi connectivity index (χ0n) is 42.2. The van der Waals surface area contributed by atoms with E-state index in [0.717, 1.165) is 5.56 Å². The van der Waals surface area contributed by atoms with Crippen molar-refractivity contribution >= 4 is 22.1 Å². The Labute approximate surface area is 345 Å². The summed E-state index contributed by atoms with van der Waals surface area (Å²) in [5.74, 6) is 0. The summed E-state index contributed by atoms with van der Waals surface area (Å²) in [6.07, 6.45) is -0.417. The van der Waals surface area contributed by atoms with E-state index in [4.69, 9.17) is 22.2 Å².